The SMILES string of the molecule is CN1CCN(c2ccc(Nc3ncc4c(n3)N(C)C(=O)N(Cc3ccccc3N)C4)cc2)CC1. The minimum Gasteiger partial charge on any atom is -0.398 e. The molecule has 9 heteroatoms. The average Bonchev–Trinajstić information content (AvgIpc) is 2.85. The van der Waals surface area contributed by atoms with Gasteiger partial charge in [0.15, 0.2) is 0 Å². The van der Waals surface area contributed by atoms with Gasteiger partial charge in [0.1, 0.15) is 5.82 Å². The highest BCUT2D eigenvalue weighted by atomic mass is 16.2. The van der Waals surface area contributed by atoms with Gasteiger partial charge in [0.2, 0.25) is 5.95 Å². The summed E-state index contributed by atoms with van der Waals surface area (Å²) >= 11 is 0. The molecule has 9 nitrogen and oxygen atoms in total. The fourth-order valence-corrected chi connectivity index (χ4v) is 4.39. The Hall–Kier alpha value is -3.85. The van der Waals surface area contributed by atoms with Gasteiger partial charge in [0.05, 0.1) is 6.54 Å². The number of hydrogen-bond donors (Lipinski definition) is 2. The predicted octanol–water partition coefficient (Wildman–Crippen LogP) is 3.13. The fraction of sp³-hybridized carbons (Fsp3) is 0.320. The van der Waals surface area contributed by atoms with Crippen molar-refractivity contribution in [3.05, 3.63) is 65.9 Å². The van der Waals surface area contributed by atoms with Crippen LogP contribution in [0.4, 0.5) is 33.6 Å². The summed E-state index contributed by atoms with van der Waals surface area (Å²) in [5, 5.41) is 3.27. The number of nitrogen functional groups attached to an aromatic ring is 1. The van der Waals surface area contributed by atoms with Crippen molar-refractivity contribution in [2.24, 2.45) is 0 Å². The summed E-state index contributed by atoms with van der Waals surface area (Å²) in [5.41, 5.74) is 10.7. The number of nitrogens with two attached hydrogens (primary N) is 1. The summed E-state index contributed by atoms with van der Waals surface area (Å²) in [6.07, 6.45) is 1.79. The van der Waals surface area contributed by atoms with Crippen LogP contribution in [0.2, 0.25) is 0 Å². The van der Waals surface area contributed by atoms with E-state index in [-0.39, 0.29) is 6.03 Å². The second-order valence-electron chi connectivity index (χ2n) is 8.90. The lowest BCUT2D eigenvalue weighted by molar-refractivity contribution is 0.196. The molecule has 34 heavy (non-hydrogen) atoms. The van der Waals surface area contributed by atoms with E-state index in [4.69, 9.17) is 5.73 Å². The number of carbonyl (C=O) groups is 1. The Balaban J connectivity index is 1.28. The quantitative estimate of drug-likeness (QED) is 0.568. The van der Waals surface area contributed by atoms with E-state index in [9.17, 15) is 4.79 Å². The molecular weight excluding hydrogens is 428 g/mol. The standard InChI is InChI=1S/C25H30N8O/c1-30-11-13-32(14-12-30)21-9-7-20(8-10-21)28-24-27-15-19-17-33(25(34)31(2)23(19)29-24)16-18-5-3-4-6-22(18)26/h3-10,15H,11-14,16-17,26H2,1-2H3,(H,27,28,29). The molecule has 1 aromatic heterocycles. The van der Waals surface area contributed by atoms with Crippen LogP contribution in [0, 0.1) is 0 Å². The molecule has 5 rings (SSSR count). The van der Waals surface area contributed by atoms with E-state index in [1.165, 1.54) is 5.69 Å². The molecule has 0 spiro atoms. The minimum absolute atomic E-state index is 0.114. The molecule has 0 radical (unpaired) electrons. The molecule has 2 amide bonds. The Labute approximate surface area is 199 Å². The van der Waals surface area contributed by atoms with Crippen molar-refractivity contribution in [3.63, 3.8) is 0 Å². The number of fused-ring (bicyclic) bond motifs is 1. The molecule has 0 saturated carbocycles. The van der Waals surface area contributed by atoms with Crippen LogP contribution in [0.3, 0.4) is 0 Å². The Bertz CT molecular complexity index is 1170. The first-order valence-corrected chi connectivity index (χ1v) is 11.5. The van der Waals surface area contributed by atoms with Crippen LogP contribution in [-0.4, -0.2) is 66.1 Å². The Morgan fingerprint density at radius 2 is 1.74 bits per heavy atom. The monoisotopic (exact) mass is 458 g/mol. The number of nitrogens with one attached hydrogen (secondary N) is 1. The molecule has 3 N–H and O–H groups in total. The molecule has 0 aliphatic carbocycles. The fourth-order valence-electron chi connectivity index (χ4n) is 4.39. The first-order chi connectivity index (χ1) is 16.5. The topological polar surface area (TPSA) is 93.9 Å². The maximum Gasteiger partial charge on any atom is 0.326 e. The van der Waals surface area contributed by atoms with Gasteiger partial charge in [-0.25, -0.2) is 9.78 Å². The van der Waals surface area contributed by atoms with Crippen LogP contribution in [0.25, 0.3) is 0 Å². The molecule has 2 aromatic carbocycles. The van der Waals surface area contributed by atoms with Crippen LogP contribution in [0.5, 0.6) is 0 Å². The third-order valence-electron chi connectivity index (χ3n) is 6.49. The molecule has 0 bridgehead atoms. The molecule has 0 unspecified atom stereocenters. The third-order valence-corrected chi connectivity index (χ3v) is 6.49. The molecule has 1 saturated heterocycles. The number of piperazine rings is 1. The number of para-hydroxylation sites is 1. The van der Waals surface area contributed by atoms with Gasteiger partial charge in [0, 0.05) is 68.6 Å². The zero-order valence-corrected chi connectivity index (χ0v) is 19.6. The van der Waals surface area contributed by atoms with Crippen LogP contribution >= 0.6 is 0 Å². The second-order valence-corrected chi connectivity index (χ2v) is 8.90. The molecule has 2 aliphatic rings. The maximum atomic E-state index is 13.0. The van der Waals surface area contributed by atoms with Crippen molar-refractivity contribution in [1.82, 2.24) is 19.8 Å². The Morgan fingerprint density at radius 3 is 2.47 bits per heavy atom. The molecule has 3 heterocycles. The number of rotatable bonds is 5. The van der Waals surface area contributed by atoms with Gasteiger partial charge in [-0.05, 0) is 42.9 Å². The first kappa shape index (κ1) is 22.0. The van der Waals surface area contributed by atoms with E-state index in [0.29, 0.717) is 30.5 Å². The van der Waals surface area contributed by atoms with Crippen molar-refractivity contribution < 1.29 is 4.79 Å². The molecule has 2 aliphatic heterocycles. The second kappa shape index (κ2) is 9.18. The number of hydrogen-bond acceptors (Lipinski definition) is 7. The number of carbonyl (C=O) groups excluding carboxylic acids is 1. The maximum absolute atomic E-state index is 13.0. The van der Waals surface area contributed by atoms with Gasteiger partial charge in [-0.3, -0.25) is 4.90 Å². The number of aromatic nitrogens is 2. The van der Waals surface area contributed by atoms with Crippen LogP contribution < -0.4 is 20.9 Å². The number of urea groups is 1. The van der Waals surface area contributed by atoms with Gasteiger partial charge in [0.25, 0.3) is 0 Å². The van der Waals surface area contributed by atoms with E-state index < -0.39 is 0 Å². The van der Waals surface area contributed by atoms with Crippen molar-refractivity contribution in [1.29, 1.82) is 0 Å². The first-order valence-electron chi connectivity index (χ1n) is 11.5. The van der Waals surface area contributed by atoms with Crippen molar-refractivity contribution >= 4 is 34.9 Å². The van der Waals surface area contributed by atoms with E-state index in [1.807, 2.05) is 36.4 Å². The largest absolute Gasteiger partial charge is 0.398 e. The van der Waals surface area contributed by atoms with E-state index in [0.717, 1.165) is 43.0 Å². The molecule has 3 aromatic rings. The van der Waals surface area contributed by atoms with E-state index in [1.54, 1.807) is 23.0 Å². The zero-order chi connectivity index (χ0) is 23.7. The lowest BCUT2D eigenvalue weighted by Gasteiger charge is -2.34. The van der Waals surface area contributed by atoms with Crippen LogP contribution in [0.15, 0.2) is 54.7 Å². The summed E-state index contributed by atoms with van der Waals surface area (Å²) in [6.45, 7) is 5.09. The van der Waals surface area contributed by atoms with Gasteiger partial charge in [-0.2, -0.15) is 4.98 Å². The number of benzene rings is 2. The van der Waals surface area contributed by atoms with E-state index in [2.05, 4.69) is 44.3 Å². The highest BCUT2D eigenvalue weighted by Gasteiger charge is 2.30. The number of likely N-dealkylation sites (N-methyl/N-ethyl adjacent to an activating group) is 1. The van der Waals surface area contributed by atoms with Gasteiger partial charge < -0.3 is 25.8 Å². The lowest BCUT2D eigenvalue weighted by atomic mass is 10.1. The summed E-state index contributed by atoms with van der Waals surface area (Å²) < 4.78 is 0. The van der Waals surface area contributed by atoms with Crippen LogP contribution in [-0.2, 0) is 13.1 Å². The molecule has 176 valence electrons. The number of nitrogens with zero attached hydrogens (tertiary/aromatic N) is 6. The highest BCUT2D eigenvalue weighted by Crippen LogP contribution is 2.29. The highest BCUT2D eigenvalue weighted by molar-refractivity contribution is 5.93. The summed E-state index contributed by atoms with van der Waals surface area (Å²) in [7, 11) is 3.90. The van der Waals surface area contributed by atoms with Gasteiger partial charge in [-0.1, -0.05) is 18.2 Å². The smallest absolute Gasteiger partial charge is 0.326 e. The Morgan fingerprint density at radius 1 is 1.00 bits per heavy atom. The van der Waals surface area contributed by atoms with Crippen molar-refractivity contribution in [2.45, 2.75) is 13.1 Å². The lowest BCUT2D eigenvalue weighted by Crippen LogP contribution is -2.45. The summed E-state index contributed by atoms with van der Waals surface area (Å²) in [5.74, 6) is 1.08. The normalized spacial score (nSPS) is 16.5. The van der Waals surface area contributed by atoms with Crippen LogP contribution in [0.1, 0.15) is 11.1 Å². The zero-order valence-electron chi connectivity index (χ0n) is 19.6. The predicted molar refractivity (Wildman–Crippen MR) is 135 cm³/mol. The van der Waals surface area contributed by atoms with Crippen molar-refractivity contribution in [2.75, 3.05) is 61.1 Å². The van der Waals surface area contributed by atoms with Gasteiger partial charge in [-0.15, -0.1) is 0 Å². The Kier molecular flexibility index (Phi) is 5.93. The molecular formula is C25H30N8O. The van der Waals surface area contributed by atoms with E-state index >= 15 is 0 Å². The summed E-state index contributed by atoms with van der Waals surface area (Å²) in [4.78, 5) is 30.2. The summed E-state index contributed by atoms with van der Waals surface area (Å²) in [6, 6.07) is 15.8. The average molecular weight is 459 g/mol. The number of amides is 2. The minimum atomic E-state index is -0.114. The number of anilines is 5. The van der Waals surface area contributed by atoms with Gasteiger partial charge >= 0.3 is 6.03 Å². The third kappa shape index (κ3) is 4.47. The molecule has 1 fully saturated rings. The molecule has 0 atom stereocenters. The van der Waals surface area contributed by atoms with Crippen molar-refractivity contribution in [3.8, 4) is 0 Å².